The van der Waals surface area contributed by atoms with Crippen LogP contribution in [0, 0.1) is 0 Å². The second-order valence-electron chi connectivity index (χ2n) is 4.25. The molecule has 0 saturated carbocycles. The molecule has 0 spiro atoms. The van der Waals surface area contributed by atoms with Gasteiger partial charge in [0.1, 0.15) is 0 Å². The van der Waals surface area contributed by atoms with E-state index < -0.39 is 11.9 Å². The Balaban J connectivity index is 2.27. The van der Waals surface area contributed by atoms with Crippen LogP contribution in [0.2, 0.25) is 10.0 Å². The summed E-state index contributed by atoms with van der Waals surface area (Å²) in [6.07, 6.45) is 0.385. The number of carboxylic acid groups (broad SMARTS) is 1. The van der Waals surface area contributed by atoms with Crippen LogP contribution in [0.15, 0.2) is 48.5 Å². The van der Waals surface area contributed by atoms with Gasteiger partial charge in [0.25, 0.3) is 0 Å². The highest BCUT2D eigenvalue weighted by Gasteiger charge is 2.20. The van der Waals surface area contributed by atoms with Crippen LogP contribution < -0.4 is 0 Å². The number of carbonyl (C=O) groups is 1. The summed E-state index contributed by atoms with van der Waals surface area (Å²) < 4.78 is 0. The van der Waals surface area contributed by atoms with Crippen LogP contribution in [0.5, 0.6) is 0 Å². The molecule has 0 aliphatic heterocycles. The van der Waals surface area contributed by atoms with Gasteiger partial charge in [0, 0.05) is 0 Å². The van der Waals surface area contributed by atoms with Crippen LogP contribution in [0.25, 0.3) is 0 Å². The van der Waals surface area contributed by atoms with Gasteiger partial charge in [-0.2, -0.15) is 0 Å². The number of hydrogen-bond acceptors (Lipinski definition) is 1. The predicted octanol–water partition coefficient (Wildman–Crippen LogP) is 4.40. The van der Waals surface area contributed by atoms with E-state index in [9.17, 15) is 9.90 Å². The fourth-order valence-electron chi connectivity index (χ4n) is 1.94. The first-order chi connectivity index (χ1) is 9.08. The summed E-state index contributed by atoms with van der Waals surface area (Å²) >= 11 is 11.8. The van der Waals surface area contributed by atoms with Gasteiger partial charge in [-0.15, -0.1) is 0 Å². The van der Waals surface area contributed by atoms with Gasteiger partial charge in [-0.05, 0) is 29.7 Å². The number of rotatable bonds is 4. The fraction of sp³-hybridized carbons (Fsp3) is 0.133. The highest BCUT2D eigenvalue weighted by molar-refractivity contribution is 6.42. The van der Waals surface area contributed by atoms with Crippen LogP contribution in [-0.2, 0) is 11.2 Å². The summed E-state index contributed by atoms with van der Waals surface area (Å²) in [4.78, 5) is 11.4. The topological polar surface area (TPSA) is 37.3 Å². The first kappa shape index (κ1) is 13.9. The van der Waals surface area contributed by atoms with Crippen molar-refractivity contribution in [2.45, 2.75) is 12.3 Å². The monoisotopic (exact) mass is 294 g/mol. The Labute approximate surface area is 121 Å². The van der Waals surface area contributed by atoms with Crippen molar-refractivity contribution in [2.75, 3.05) is 0 Å². The number of benzene rings is 2. The van der Waals surface area contributed by atoms with Crippen molar-refractivity contribution in [3.8, 4) is 0 Å². The molecular weight excluding hydrogens is 283 g/mol. The van der Waals surface area contributed by atoms with E-state index in [4.69, 9.17) is 23.2 Å². The lowest BCUT2D eigenvalue weighted by molar-refractivity contribution is -0.138. The highest BCUT2D eigenvalue weighted by Crippen LogP contribution is 2.26. The fourth-order valence-corrected chi connectivity index (χ4v) is 2.26. The second kappa shape index (κ2) is 6.09. The van der Waals surface area contributed by atoms with Crippen molar-refractivity contribution in [3.05, 3.63) is 69.7 Å². The quantitative estimate of drug-likeness (QED) is 0.907. The van der Waals surface area contributed by atoms with E-state index in [1.54, 1.807) is 18.2 Å². The predicted molar refractivity (Wildman–Crippen MR) is 77.0 cm³/mol. The van der Waals surface area contributed by atoms with E-state index in [1.807, 2.05) is 30.3 Å². The lowest BCUT2D eigenvalue weighted by atomic mass is 9.92. The molecule has 0 unspecified atom stereocenters. The molecular formula is C15H12Cl2O2. The number of halogens is 2. The maximum absolute atomic E-state index is 11.4. The van der Waals surface area contributed by atoms with Gasteiger partial charge in [0.15, 0.2) is 0 Å². The smallest absolute Gasteiger partial charge is 0.311 e. The molecule has 0 fully saturated rings. The summed E-state index contributed by atoms with van der Waals surface area (Å²) in [6, 6.07) is 14.4. The third kappa shape index (κ3) is 3.49. The van der Waals surface area contributed by atoms with Crippen LogP contribution in [0.4, 0.5) is 0 Å². The third-order valence-electron chi connectivity index (χ3n) is 2.92. The average molecular weight is 295 g/mol. The molecule has 0 aliphatic rings. The summed E-state index contributed by atoms with van der Waals surface area (Å²) in [5.41, 5.74) is 1.63. The average Bonchev–Trinajstić information content (AvgIpc) is 2.40. The molecule has 0 amide bonds. The first-order valence-corrected chi connectivity index (χ1v) is 6.55. The Bertz CT molecular complexity index is 582. The molecule has 0 aromatic heterocycles. The summed E-state index contributed by atoms with van der Waals surface area (Å²) in [5.74, 6) is -1.43. The molecule has 0 bridgehead atoms. The van der Waals surface area contributed by atoms with Gasteiger partial charge in [-0.3, -0.25) is 4.79 Å². The molecule has 0 aliphatic carbocycles. The van der Waals surface area contributed by atoms with Gasteiger partial charge in [0.05, 0.1) is 16.0 Å². The third-order valence-corrected chi connectivity index (χ3v) is 3.66. The van der Waals surface area contributed by atoms with Gasteiger partial charge in [0.2, 0.25) is 0 Å². The van der Waals surface area contributed by atoms with Gasteiger partial charge in [-0.25, -0.2) is 0 Å². The molecule has 2 aromatic carbocycles. The van der Waals surface area contributed by atoms with E-state index in [0.29, 0.717) is 16.5 Å². The molecule has 98 valence electrons. The van der Waals surface area contributed by atoms with Gasteiger partial charge in [-0.1, -0.05) is 59.6 Å². The summed E-state index contributed by atoms with van der Waals surface area (Å²) in [6.45, 7) is 0. The maximum atomic E-state index is 11.4. The largest absolute Gasteiger partial charge is 0.481 e. The van der Waals surface area contributed by atoms with Crippen LogP contribution >= 0.6 is 23.2 Å². The van der Waals surface area contributed by atoms with E-state index in [1.165, 1.54) is 0 Å². The molecule has 2 aromatic rings. The minimum absolute atomic E-state index is 0.385. The van der Waals surface area contributed by atoms with Crippen molar-refractivity contribution >= 4 is 29.2 Å². The highest BCUT2D eigenvalue weighted by atomic mass is 35.5. The Kier molecular flexibility index (Phi) is 4.46. The van der Waals surface area contributed by atoms with Crippen LogP contribution in [-0.4, -0.2) is 11.1 Å². The molecule has 1 atom stereocenters. The molecule has 19 heavy (non-hydrogen) atoms. The first-order valence-electron chi connectivity index (χ1n) is 5.79. The number of carboxylic acids is 1. The van der Waals surface area contributed by atoms with Crippen molar-refractivity contribution in [1.29, 1.82) is 0 Å². The molecule has 2 nitrogen and oxygen atoms in total. The molecule has 2 rings (SSSR count). The summed E-state index contributed by atoms with van der Waals surface area (Å²) in [7, 11) is 0. The minimum atomic E-state index is -0.850. The lowest BCUT2D eigenvalue weighted by Crippen LogP contribution is -2.14. The van der Waals surface area contributed by atoms with E-state index >= 15 is 0 Å². The van der Waals surface area contributed by atoms with Gasteiger partial charge < -0.3 is 5.11 Å². The number of aliphatic carboxylic acids is 1. The van der Waals surface area contributed by atoms with Crippen molar-refractivity contribution < 1.29 is 9.90 Å². The second-order valence-corrected chi connectivity index (χ2v) is 5.07. The zero-order valence-corrected chi connectivity index (χ0v) is 11.5. The van der Waals surface area contributed by atoms with E-state index in [-0.39, 0.29) is 0 Å². The van der Waals surface area contributed by atoms with Gasteiger partial charge >= 0.3 is 5.97 Å². The normalized spacial score (nSPS) is 12.1. The van der Waals surface area contributed by atoms with Crippen molar-refractivity contribution in [2.24, 2.45) is 0 Å². The van der Waals surface area contributed by atoms with Crippen LogP contribution in [0.1, 0.15) is 17.0 Å². The molecule has 0 saturated heterocycles. The van der Waals surface area contributed by atoms with E-state index in [2.05, 4.69) is 0 Å². The van der Waals surface area contributed by atoms with E-state index in [0.717, 1.165) is 11.1 Å². The Morgan fingerprint density at radius 2 is 1.74 bits per heavy atom. The Morgan fingerprint density at radius 3 is 2.32 bits per heavy atom. The molecule has 1 N–H and O–H groups in total. The van der Waals surface area contributed by atoms with Crippen molar-refractivity contribution in [3.63, 3.8) is 0 Å². The maximum Gasteiger partial charge on any atom is 0.311 e. The summed E-state index contributed by atoms with van der Waals surface area (Å²) in [5, 5.41) is 10.3. The SMILES string of the molecule is O=C(O)[C@@H](Cc1ccc(Cl)c(Cl)c1)c1ccccc1. The molecule has 4 heteroatoms. The zero-order chi connectivity index (χ0) is 13.8. The molecule has 0 radical (unpaired) electrons. The van der Waals surface area contributed by atoms with Crippen LogP contribution in [0.3, 0.4) is 0 Å². The lowest BCUT2D eigenvalue weighted by Gasteiger charge is -2.13. The molecule has 0 heterocycles. The Hall–Kier alpha value is -1.51. The van der Waals surface area contributed by atoms with Crippen molar-refractivity contribution in [1.82, 2.24) is 0 Å². The standard InChI is InChI=1S/C15H12Cl2O2/c16-13-7-6-10(9-14(13)17)8-12(15(18)19)11-4-2-1-3-5-11/h1-7,9,12H,8H2,(H,18,19)/t12-/m0/s1. The Morgan fingerprint density at radius 1 is 1.05 bits per heavy atom. The zero-order valence-electron chi connectivity index (χ0n) is 10.0. The minimum Gasteiger partial charge on any atom is -0.481 e. The number of hydrogen-bond donors (Lipinski definition) is 1.